The van der Waals surface area contributed by atoms with Crippen LogP contribution in [0.15, 0.2) is 27.1 Å². The molecule has 102 valence electrons. The van der Waals surface area contributed by atoms with E-state index in [0.29, 0.717) is 22.5 Å². The highest BCUT2D eigenvalue weighted by Gasteiger charge is 2.16. The standard InChI is InChI=1S/C13H15BrFN3O/c1-13(2,3)16-7-10-17-18-12(19-10)8-5-4-6-9(14)11(8)15/h4-6,16H,7H2,1-3H3. The van der Waals surface area contributed by atoms with Gasteiger partial charge in [0.2, 0.25) is 5.89 Å². The van der Waals surface area contributed by atoms with E-state index in [-0.39, 0.29) is 11.4 Å². The van der Waals surface area contributed by atoms with Gasteiger partial charge >= 0.3 is 0 Å². The molecule has 0 bridgehead atoms. The molecule has 0 amide bonds. The summed E-state index contributed by atoms with van der Waals surface area (Å²) in [7, 11) is 0. The van der Waals surface area contributed by atoms with Gasteiger partial charge in [-0.05, 0) is 48.8 Å². The quantitative estimate of drug-likeness (QED) is 0.936. The second-order valence-corrected chi connectivity index (χ2v) is 6.06. The van der Waals surface area contributed by atoms with Gasteiger partial charge in [-0.25, -0.2) is 4.39 Å². The SMILES string of the molecule is CC(C)(C)NCc1nnc(-c2cccc(Br)c2F)o1. The van der Waals surface area contributed by atoms with E-state index in [1.165, 1.54) is 0 Å². The minimum Gasteiger partial charge on any atom is -0.419 e. The largest absolute Gasteiger partial charge is 0.419 e. The highest BCUT2D eigenvalue weighted by atomic mass is 79.9. The molecule has 0 fully saturated rings. The van der Waals surface area contributed by atoms with Crippen LogP contribution in [0.4, 0.5) is 4.39 Å². The monoisotopic (exact) mass is 327 g/mol. The summed E-state index contributed by atoms with van der Waals surface area (Å²) in [5.41, 5.74) is 0.249. The number of hydrogen-bond acceptors (Lipinski definition) is 4. The van der Waals surface area contributed by atoms with Crippen LogP contribution < -0.4 is 5.32 Å². The van der Waals surface area contributed by atoms with Gasteiger partial charge in [-0.3, -0.25) is 0 Å². The first-order chi connectivity index (χ1) is 8.87. The lowest BCUT2D eigenvalue weighted by atomic mass is 10.1. The van der Waals surface area contributed by atoms with E-state index in [9.17, 15) is 4.39 Å². The van der Waals surface area contributed by atoms with Gasteiger partial charge < -0.3 is 9.73 Å². The van der Waals surface area contributed by atoms with Crippen LogP contribution >= 0.6 is 15.9 Å². The summed E-state index contributed by atoms with van der Waals surface area (Å²) >= 11 is 3.13. The Kier molecular flexibility index (Phi) is 4.01. The van der Waals surface area contributed by atoms with Gasteiger partial charge in [0.05, 0.1) is 16.6 Å². The van der Waals surface area contributed by atoms with Crippen molar-refractivity contribution in [2.75, 3.05) is 0 Å². The minimum absolute atomic E-state index is 0.0460. The third-order valence-electron chi connectivity index (χ3n) is 2.42. The van der Waals surface area contributed by atoms with E-state index in [1.807, 2.05) is 20.8 Å². The molecule has 0 saturated carbocycles. The van der Waals surface area contributed by atoms with Gasteiger partial charge in [0.1, 0.15) is 5.82 Å². The molecule has 19 heavy (non-hydrogen) atoms. The van der Waals surface area contributed by atoms with E-state index in [4.69, 9.17) is 4.42 Å². The van der Waals surface area contributed by atoms with Crippen LogP contribution in [0.2, 0.25) is 0 Å². The van der Waals surface area contributed by atoms with Gasteiger partial charge in [-0.2, -0.15) is 0 Å². The Morgan fingerprint density at radius 3 is 2.74 bits per heavy atom. The predicted molar refractivity (Wildman–Crippen MR) is 74.0 cm³/mol. The Balaban J connectivity index is 2.19. The van der Waals surface area contributed by atoms with Gasteiger partial charge in [0.15, 0.2) is 0 Å². The zero-order valence-corrected chi connectivity index (χ0v) is 12.6. The highest BCUT2D eigenvalue weighted by molar-refractivity contribution is 9.10. The Hall–Kier alpha value is -1.27. The van der Waals surface area contributed by atoms with Crippen molar-refractivity contribution in [1.82, 2.24) is 15.5 Å². The van der Waals surface area contributed by atoms with E-state index in [0.717, 1.165) is 0 Å². The fraction of sp³-hybridized carbons (Fsp3) is 0.385. The third-order valence-corrected chi connectivity index (χ3v) is 3.03. The van der Waals surface area contributed by atoms with Crippen molar-refractivity contribution < 1.29 is 8.81 Å². The summed E-state index contributed by atoms with van der Waals surface area (Å²) < 4.78 is 19.7. The maximum Gasteiger partial charge on any atom is 0.250 e. The zero-order chi connectivity index (χ0) is 14.0. The first-order valence-corrected chi connectivity index (χ1v) is 6.68. The summed E-state index contributed by atoms with van der Waals surface area (Å²) in [5, 5.41) is 11.0. The summed E-state index contributed by atoms with van der Waals surface area (Å²) in [5.74, 6) is 0.218. The first-order valence-electron chi connectivity index (χ1n) is 5.88. The highest BCUT2D eigenvalue weighted by Crippen LogP contribution is 2.26. The van der Waals surface area contributed by atoms with Gasteiger partial charge in [0.25, 0.3) is 5.89 Å². The lowest BCUT2D eigenvalue weighted by Crippen LogP contribution is -2.35. The second kappa shape index (κ2) is 5.38. The van der Waals surface area contributed by atoms with E-state index in [1.54, 1.807) is 18.2 Å². The Morgan fingerprint density at radius 1 is 1.32 bits per heavy atom. The molecule has 1 heterocycles. The molecular formula is C13H15BrFN3O. The maximum atomic E-state index is 13.9. The maximum absolute atomic E-state index is 13.9. The molecule has 0 aliphatic carbocycles. The number of halogens is 2. The molecule has 0 radical (unpaired) electrons. The molecule has 6 heteroatoms. The van der Waals surface area contributed by atoms with Crippen molar-refractivity contribution in [1.29, 1.82) is 0 Å². The van der Waals surface area contributed by atoms with Crippen LogP contribution in [-0.2, 0) is 6.54 Å². The Morgan fingerprint density at radius 2 is 2.05 bits per heavy atom. The van der Waals surface area contributed by atoms with Crippen molar-refractivity contribution in [2.45, 2.75) is 32.9 Å². The summed E-state index contributed by atoms with van der Waals surface area (Å²) in [6, 6.07) is 4.95. The lowest BCUT2D eigenvalue weighted by Gasteiger charge is -2.18. The third kappa shape index (κ3) is 3.61. The smallest absolute Gasteiger partial charge is 0.250 e. The van der Waals surface area contributed by atoms with Crippen LogP contribution in [0.3, 0.4) is 0 Å². The van der Waals surface area contributed by atoms with Crippen LogP contribution in [0, 0.1) is 5.82 Å². The fourth-order valence-electron chi connectivity index (χ4n) is 1.44. The zero-order valence-electron chi connectivity index (χ0n) is 11.0. The van der Waals surface area contributed by atoms with Gasteiger partial charge in [-0.1, -0.05) is 6.07 Å². The lowest BCUT2D eigenvalue weighted by molar-refractivity contribution is 0.383. The second-order valence-electron chi connectivity index (χ2n) is 5.21. The van der Waals surface area contributed by atoms with Gasteiger partial charge in [0, 0.05) is 5.54 Å². The fourth-order valence-corrected chi connectivity index (χ4v) is 1.81. The summed E-state index contributed by atoms with van der Waals surface area (Å²) in [6.45, 7) is 6.57. The average molecular weight is 328 g/mol. The van der Waals surface area contributed by atoms with Crippen LogP contribution in [0.5, 0.6) is 0 Å². The first kappa shape index (κ1) is 14.1. The number of rotatable bonds is 3. The molecule has 4 nitrogen and oxygen atoms in total. The normalized spacial score (nSPS) is 11.8. The minimum atomic E-state index is -0.401. The van der Waals surface area contributed by atoms with E-state index < -0.39 is 5.82 Å². The average Bonchev–Trinajstić information content (AvgIpc) is 2.78. The number of hydrogen-bond donors (Lipinski definition) is 1. The van der Waals surface area contributed by atoms with Crippen LogP contribution in [0.25, 0.3) is 11.5 Å². The number of benzene rings is 1. The van der Waals surface area contributed by atoms with Crippen molar-refractivity contribution in [3.63, 3.8) is 0 Å². The molecule has 0 spiro atoms. The van der Waals surface area contributed by atoms with Crippen molar-refractivity contribution in [3.8, 4) is 11.5 Å². The molecular weight excluding hydrogens is 313 g/mol. The Labute approximate surface area is 119 Å². The molecule has 1 N–H and O–H groups in total. The molecule has 1 aromatic heterocycles. The summed E-state index contributed by atoms with van der Waals surface area (Å²) in [6.07, 6.45) is 0. The van der Waals surface area contributed by atoms with Gasteiger partial charge in [-0.15, -0.1) is 10.2 Å². The number of nitrogens with zero attached hydrogens (tertiary/aromatic N) is 2. The molecule has 0 aliphatic rings. The summed E-state index contributed by atoms with van der Waals surface area (Å²) in [4.78, 5) is 0. The molecule has 2 aromatic rings. The molecule has 0 saturated heterocycles. The van der Waals surface area contributed by atoms with Crippen LogP contribution in [0.1, 0.15) is 26.7 Å². The van der Waals surface area contributed by atoms with Crippen molar-refractivity contribution in [2.24, 2.45) is 0 Å². The number of nitrogens with one attached hydrogen (secondary N) is 1. The van der Waals surface area contributed by atoms with Crippen molar-refractivity contribution in [3.05, 3.63) is 34.4 Å². The van der Waals surface area contributed by atoms with E-state index >= 15 is 0 Å². The predicted octanol–water partition coefficient (Wildman–Crippen LogP) is 3.53. The number of aromatic nitrogens is 2. The van der Waals surface area contributed by atoms with Crippen molar-refractivity contribution >= 4 is 15.9 Å². The molecule has 0 atom stereocenters. The molecule has 0 aliphatic heterocycles. The van der Waals surface area contributed by atoms with E-state index in [2.05, 4.69) is 31.4 Å². The topological polar surface area (TPSA) is 51.0 Å². The molecule has 0 unspecified atom stereocenters. The molecule has 2 rings (SSSR count). The molecule has 1 aromatic carbocycles. The Bertz CT molecular complexity index is 578. The van der Waals surface area contributed by atoms with Crippen LogP contribution in [-0.4, -0.2) is 15.7 Å².